The first-order valence-corrected chi connectivity index (χ1v) is 6.70. The fraction of sp³-hybridized carbons (Fsp3) is 0.143. The van der Waals surface area contributed by atoms with Gasteiger partial charge in [-0.2, -0.15) is 0 Å². The maximum atomic E-state index is 13.1. The molecule has 0 heterocycles. The summed E-state index contributed by atoms with van der Waals surface area (Å²) in [5.74, 6) is -0.233. The van der Waals surface area contributed by atoms with Crippen LogP contribution >= 0.6 is 27.5 Å². The standard InChI is InChI=1S/C14H12BrClFN/c1-9(10-3-2-4-12(17)7-10)18-14-6-5-11(15)8-13(14)16/h2-9,18H,1H3. The number of hydrogen-bond acceptors (Lipinski definition) is 1. The van der Waals surface area contributed by atoms with Gasteiger partial charge in [-0.05, 0) is 42.8 Å². The van der Waals surface area contributed by atoms with Gasteiger partial charge in [0, 0.05) is 10.5 Å². The minimum atomic E-state index is -0.233. The Morgan fingerprint density at radius 2 is 2.00 bits per heavy atom. The molecular formula is C14H12BrClFN. The summed E-state index contributed by atoms with van der Waals surface area (Å²) in [5, 5.41) is 3.89. The molecule has 94 valence electrons. The zero-order valence-electron chi connectivity index (χ0n) is 9.75. The van der Waals surface area contributed by atoms with Crippen LogP contribution in [0.1, 0.15) is 18.5 Å². The van der Waals surface area contributed by atoms with Gasteiger partial charge in [-0.25, -0.2) is 4.39 Å². The Labute approximate surface area is 119 Å². The maximum absolute atomic E-state index is 13.1. The van der Waals surface area contributed by atoms with E-state index in [4.69, 9.17) is 11.6 Å². The van der Waals surface area contributed by atoms with Crippen molar-refractivity contribution in [1.82, 2.24) is 0 Å². The number of anilines is 1. The van der Waals surface area contributed by atoms with Crippen molar-refractivity contribution in [3.05, 3.63) is 63.3 Å². The van der Waals surface area contributed by atoms with Gasteiger partial charge in [-0.15, -0.1) is 0 Å². The van der Waals surface area contributed by atoms with Crippen LogP contribution in [0.4, 0.5) is 10.1 Å². The zero-order valence-corrected chi connectivity index (χ0v) is 12.1. The first kappa shape index (κ1) is 13.4. The number of rotatable bonds is 3. The van der Waals surface area contributed by atoms with Gasteiger partial charge in [-0.1, -0.05) is 39.7 Å². The van der Waals surface area contributed by atoms with E-state index in [-0.39, 0.29) is 11.9 Å². The van der Waals surface area contributed by atoms with Crippen molar-refractivity contribution < 1.29 is 4.39 Å². The van der Waals surface area contributed by atoms with Crippen molar-refractivity contribution in [1.29, 1.82) is 0 Å². The molecule has 4 heteroatoms. The van der Waals surface area contributed by atoms with Gasteiger partial charge in [-0.3, -0.25) is 0 Å². The quantitative estimate of drug-likeness (QED) is 0.794. The van der Waals surface area contributed by atoms with Crippen molar-refractivity contribution >= 4 is 33.2 Å². The molecule has 1 N–H and O–H groups in total. The lowest BCUT2D eigenvalue weighted by Gasteiger charge is -2.17. The van der Waals surface area contributed by atoms with E-state index in [1.54, 1.807) is 6.07 Å². The fourth-order valence-electron chi connectivity index (χ4n) is 1.70. The van der Waals surface area contributed by atoms with Gasteiger partial charge in [0.1, 0.15) is 5.82 Å². The van der Waals surface area contributed by atoms with Crippen molar-refractivity contribution in [3.63, 3.8) is 0 Å². The van der Waals surface area contributed by atoms with Crippen LogP contribution in [0.3, 0.4) is 0 Å². The number of benzene rings is 2. The van der Waals surface area contributed by atoms with Crippen molar-refractivity contribution in [2.45, 2.75) is 13.0 Å². The molecule has 0 aliphatic heterocycles. The van der Waals surface area contributed by atoms with Gasteiger partial charge >= 0.3 is 0 Å². The molecule has 0 spiro atoms. The molecule has 0 fully saturated rings. The summed E-state index contributed by atoms with van der Waals surface area (Å²) in [6.07, 6.45) is 0. The Morgan fingerprint density at radius 1 is 1.22 bits per heavy atom. The molecule has 0 aromatic heterocycles. The van der Waals surface area contributed by atoms with Gasteiger partial charge in [0.05, 0.1) is 10.7 Å². The molecule has 2 rings (SSSR count). The van der Waals surface area contributed by atoms with Crippen LogP contribution in [0, 0.1) is 5.82 Å². The third-order valence-corrected chi connectivity index (χ3v) is 3.46. The minimum Gasteiger partial charge on any atom is -0.377 e. The molecule has 0 radical (unpaired) electrons. The summed E-state index contributed by atoms with van der Waals surface area (Å²) in [7, 11) is 0. The highest BCUT2D eigenvalue weighted by atomic mass is 79.9. The largest absolute Gasteiger partial charge is 0.377 e. The third kappa shape index (κ3) is 3.24. The van der Waals surface area contributed by atoms with E-state index in [0.717, 1.165) is 15.7 Å². The second kappa shape index (κ2) is 5.72. The topological polar surface area (TPSA) is 12.0 Å². The third-order valence-electron chi connectivity index (χ3n) is 2.65. The van der Waals surface area contributed by atoms with Crippen LogP contribution in [0.2, 0.25) is 5.02 Å². The average molecular weight is 329 g/mol. The Balaban J connectivity index is 2.18. The van der Waals surface area contributed by atoms with Gasteiger partial charge in [0.15, 0.2) is 0 Å². The van der Waals surface area contributed by atoms with E-state index in [9.17, 15) is 4.39 Å². The van der Waals surface area contributed by atoms with E-state index in [2.05, 4.69) is 21.2 Å². The molecule has 1 nitrogen and oxygen atoms in total. The molecule has 0 aliphatic carbocycles. The summed E-state index contributed by atoms with van der Waals surface area (Å²) >= 11 is 9.48. The van der Waals surface area contributed by atoms with E-state index in [1.807, 2.05) is 31.2 Å². The van der Waals surface area contributed by atoms with Crippen LogP contribution in [0.5, 0.6) is 0 Å². The molecule has 1 unspecified atom stereocenters. The van der Waals surface area contributed by atoms with Gasteiger partial charge in [0.25, 0.3) is 0 Å². The second-order valence-corrected chi connectivity index (χ2v) is 5.37. The monoisotopic (exact) mass is 327 g/mol. The summed E-state index contributed by atoms with van der Waals surface area (Å²) < 4.78 is 14.1. The van der Waals surface area contributed by atoms with Crippen LogP contribution < -0.4 is 5.32 Å². The van der Waals surface area contributed by atoms with E-state index in [1.165, 1.54) is 12.1 Å². The fourth-order valence-corrected chi connectivity index (χ4v) is 2.43. The Kier molecular flexibility index (Phi) is 4.25. The van der Waals surface area contributed by atoms with Gasteiger partial charge < -0.3 is 5.32 Å². The summed E-state index contributed by atoms with van der Waals surface area (Å²) in [6, 6.07) is 12.1. The summed E-state index contributed by atoms with van der Waals surface area (Å²) in [4.78, 5) is 0. The lowest BCUT2D eigenvalue weighted by Crippen LogP contribution is -2.07. The molecular weight excluding hydrogens is 317 g/mol. The molecule has 0 amide bonds. The van der Waals surface area contributed by atoms with Crippen molar-refractivity contribution in [3.8, 4) is 0 Å². The maximum Gasteiger partial charge on any atom is 0.123 e. The number of nitrogens with one attached hydrogen (secondary N) is 1. The molecule has 1 atom stereocenters. The first-order valence-electron chi connectivity index (χ1n) is 5.53. The van der Waals surface area contributed by atoms with Crippen LogP contribution in [-0.4, -0.2) is 0 Å². The first-order chi connectivity index (χ1) is 8.56. The normalized spacial score (nSPS) is 12.2. The van der Waals surface area contributed by atoms with E-state index in [0.29, 0.717) is 5.02 Å². The van der Waals surface area contributed by atoms with E-state index >= 15 is 0 Å². The molecule has 0 saturated heterocycles. The van der Waals surface area contributed by atoms with Gasteiger partial charge in [0.2, 0.25) is 0 Å². The SMILES string of the molecule is CC(Nc1ccc(Br)cc1Cl)c1cccc(F)c1. The van der Waals surface area contributed by atoms with Crippen LogP contribution in [0.25, 0.3) is 0 Å². The average Bonchev–Trinajstić information content (AvgIpc) is 2.32. The van der Waals surface area contributed by atoms with Crippen LogP contribution in [-0.2, 0) is 0 Å². The lowest BCUT2D eigenvalue weighted by atomic mass is 10.1. The van der Waals surface area contributed by atoms with Crippen molar-refractivity contribution in [2.24, 2.45) is 0 Å². The number of halogens is 3. The predicted octanol–water partition coefficient (Wildman–Crippen LogP) is 5.41. The lowest BCUT2D eigenvalue weighted by molar-refractivity contribution is 0.623. The molecule has 2 aromatic carbocycles. The number of hydrogen-bond donors (Lipinski definition) is 1. The summed E-state index contributed by atoms with van der Waals surface area (Å²) in [6.45, 7) is 1.97. The Bertz CT molecular complexity index is 559. The molecule has 0 bridgehead atoms. The smallest absolute Gasteiger partial charge is 0.123 e. The molecule has 0 aliphatic rings. The highest BCUT2D eigenvalue weighted by Gasteiger charge is 2.08. The summed E-state index contributed by atoms with van der Waals surface area (Å²) in [5.41, 5.74) is 1.71. The Morgan fingerprint density at radius 3 is 2.67 bits per heavy atom. The highest BCUT2D eigenvalue weighted by Crippen LogP contribution is 2.29. The molecule has 18 heavy (non-hydrogen) atoms. The minimum absolute atomic E-state index is 0.0145. The highest BCUT2D eigenvalue weighted by molar-refractivity contribution is 9.10. The molecule has 0 saturated carbocycles. The second-order valence-electron chi connectivity index (χ2n) is 4.05. The predicted molar refractivity (Wildman–Crippen MR) is 77.6 cm³/mol. The van der Waals surface area contributed by atoms with Crippen molar-refractivity contribution in [2.75, 3.05) is 5.32 Å². The van der Waals surface area contributed by atoms with Crippen LogP contribution in [0.15, 0.2) is 46.9 Å². The molecule has 2 aromatic rings. The zero-order chi connectivity index (χ0) is 13.1. The van der Waals surface area contributed by atoms with E-state index < -0.39 is 0 Å². The Hall–Kier alpha value is -1.06.